The van der Waals surface area contributed by atoms with E-state index in [1.54, 1.807) is 12.7 Å². The lowest BCUT2D eigenvalue weighted by atomic mass is 9.89. The standard InChI is InChI=1S/C15H26N4O/c1-15(2,3)8-4-7-14(20)18-9-5-6-13(10-18)19-12-16-11-17-19/h11-13H,4-10H2,1-3H3/t13-/m1/s1. The molecule has 1 amide bonds. The topological polar surface area (TPSA) is 51.0 Å². The first kappa shape index (κ1) is 15.0. The van der Waals surface area contributed by atoms with Gasteiger partial charge in [0.25, 0.3) is 0 Å². The van der Waals surface area contributed by atoms with Crippen molar-refractivity contribution in [1.29, 1.82) is 0 Å². The fourth-order valence-electron chi connectivity index (χ4n) is 2.73. The first-order valence-electron chi connectivity index (χ1n) is 7.57. The first-order valence-corrected chi connectivity index (χ1v) is 7.57. The van der Waals surface area contributed by atoms with E-state index in [1.807, 2.05) is 9.58 Å². The van der Waals surface area contributed by atoms with Gasteiger partial charge in [-0.2, -0.15) is 5.10 Å². The highest BCUT2D eigenvalue weighted by Gasteiger charge is 2.25. The van der Waals surface area contributed by atoms with Crippen molar-refractivity contribution in [2.45, 2.75) is 58.9 Å². The lowest BCUT2D eigenvalue weighted by Crippen LogP contribution is -2.40. The van der Waals surface area contributed by atoms with Crippen LogP contribution in [0.15, 0.2) is 12.7 Å². The molecule has 1 aliphatic rings. The Kier molecular flexibility index (Phi) is 4.78. The number of carbonyl (C=O) groups is 1. The minimum Gasteiger partial charge on any atom is -0.341 e. The summed E-state index contributed by atoms with van der Waals surface area (Å²) in [4.78, 5) is 18.3. The van der Waals surface area contributed by atoms with Gasteiger partial charge in [0, 0.05) is 19.5 Å². The molecule has 0 saturated carbocycles. The second-order valence-corrected chi connectivity index (χ2v) is 6.93. The second kappa shape index (κ2) is 6.37. The monoisotopic (exact) mass is 278 g/mol. The quantitative estimate of drug-likeness (QED) is 0.850. The van der Waals surface area contributed by atoms with Gasteiger partial charge in [0.1, 0.15) is 12.7 Å². The van der Waals surface area contributed by atoms with Crippen LogP contribution in [0, 0.1) is 5.41 Å². The zero-order chi connectivity index (χ0) is 14.6. The summed E-state index contributed by atoms with van der Waals surface area (Å²) in [6.45, 7) is 8.33. The van der Waals surface area contributed by atoms with Crippen LogP contribution in [0.1, 0.15) is 58.9 Å². The van der Waals surface area contributed by atoms with Crippen molar-refractivity contribution in [1.82, 2.24) is 19.7 Å². The van der Waals surface area contributed by atoms with Gasteiger partial charge in [-0.3, -0.25) is 4.79 Å². The average molecular weight is 278 g/mol. The van der Waals surface area contributed by atoms with Crippen molar-refractivity contribution < 1.29 is 4.79 Å². The van der Waals surface area contributed by atoms with E-state index in [0.717, 1.165) is 38.8 Å². The van der Waals surface area contributed by atoms with E-state index in [-0.39, 0.29) is 6.04 Å². The molecular weight excluding hydrogens is 252 g/mol. The molecule has 1 fully saturated rings. The SMILES string of the molecule is CC(C)(C)CCCC(=O)N1CCC[C@@H](n2cncn2)C1. The van der Waals surface area contributed by atoms with Crippen molar-refractivity contribution in [2.75, 3.05) is 13.1 Å². The summed E-state index contributed by atoms with van der Waals surface area (Å²) >= 11 is 0. The highest BCUT2D eigenvalue weighted by Crippen LogP contribution is 2.24. The highest BCUT2D eigenvalue weighted by molar-refractivity contribution is 5.76. The van der Waals surface area contributed by atoms with Gasteiger partial charge >= 0.3 is 0 Å². The van der Waals surface area contributed by atoms with Gasteiger partial charge < -0.3 is 4.90 Å². The van der Waals surface area contributed by atoms with Crippen LogP contribution in [-0.2, 0) is 4.79 Å². The fraction of sp³-hybridized carbons (Fsp3) is 0.800. The molecule has 5 nitrogen and oxygen atoms in total. The highest BCUT2D eigenvalue weighted by atomic mass is 16.2. The molecule has 0 N–H and O–H groups in total. The number of hydrogen-bond donors (Lipinski definition) is 0. The Balaban J connectivity index is 1.81. The summed E-state index contributed by atoms with van der Waals surface area (Å²) in [5.74, 6) is 0.291. The molecule has 1 aromatic rings. The minimum atomic E-state index is 0.290. The van der Waals surface area contributed by atoms with E-state index < -0.39 is 0 Å². The predicted octanol–water partition coefficient (Wildman–Crippen LogP) is 2.66. The van der Waals surface area contributed by atoms with Gasteiger partial charge in [-0.15, -0.1) is 0 Å². The molecule has 0 radical (unpaired) electrons. The fourth-order valence-corrected chi connectivity index (χ4v) is 2.73. The number of carbonyl (C=O) groups excluding carboxylic acids is 1. The van der Waals surface area contributed by atoms with E-state index in [1.165, 1.54) is 0 Å². The normalized spacial score (nSPS) is 20.1. The molecule has 0 unspecified atom stereocenters. The Morgan fingerprint density at radius 3 is 2.85 bits per heavy atom. The largest absolute Gasteiger partial charge is 0.341 e. The maximum absolute atomic E-state index is 12.3. The zero-order valence-corrected chi connectivity index (χ0v) is 12.9. The van der Waals surface area contributed by atoms with Crippen LogP contribution in [0.25, 0.3) is 0 Å². The molecule has 0 bridgehead atoms. The number of amides is 1. The number of aromatic nitrogens is 3. The van der Waals surface area contributed by atoms with Crippen LogP contribution < -0.4 is 0 Å². The molecule has 2 rings (SSSR count). The van der Waals surface area contributed by atoms with Gasteiger partial charge in [-0.1, -0.05) is 20.8 Å². The smallest absolute Gasteiger partial charge is 0.222 e. The molecule has 112 valence electrons. The molecule has 1 saturated heterocycles. The summed E-state index contributed by atoms with van der Waals surface area (Å²) in [7, 11) is 0. The van der Waals surface area contributed by atoms with E-state index in [4.69, 9.17) is 0 Å². The summed E-state index contributed by atoms with van der Waals surface area (Å²) in [6.07, 6.45) is 8.18. The third-order valence-corrected chi connectivity index (χ3v) is 3.88. The van der Waals surface area contributed by atoms with Crippen molar-refractivity contribution in [3.63, 3.8) is 0 Å². The second-order valence-electron chi connectivity index (χ2n) is 6.93. The number of rotatable bonds is 4. The first-order chi connectivity index (χ1) is 9.46. The average Bonchev–Trinajstić information content (AvgIpc) is 2.91. The molecular formula is C15H26N4O. The Labute approximate surface area is 121 Å². The molecule has 0 aliphatic carbocycles. The molecule has 5 heteroatoms. The maximum Gasteiger partial charge on any atom is 0.222 e. The van der Waals surface area contributed by atoms with Crippen LogP contribution in [0.3, 0.4) is 0 Å². The molecule has 2 heterocycles. The number of nitrogens with zero attached hydrogens (tertiary/aromatic N) is 4. The maximum atomic E-state index is 12.3. The van der Waals surface area contributed by atoms with Gasteiger partial charge in [-0.05, 0) is 31.1 Å². The summed E-state index contributed by atoms with van der Waals surface area (Å²) in [5.41, 5.74) is 0.311. The molecule has 20 heavy (non-hydrogen) atoms. The lowest BCUT2D eigenvalue weighted by molar-refractivity contribution is -0.133. The van der Waals surface area contributed by atoms with Gasteiger partial charge in [-0.25, -0.2) is 9.67 Å². The van der Waals surface area contributed by atoms with E-state index >= 15 is 0 Å². The van der Waals surface area contributed by atoms with E-state index in [9.17, 15) is 4.79 Å². The lowest BCUT2D eigenvalue weighted by Gasteiger charge is -2.33. The summed E-state index contributed by atoms with van der Waals surface area (Å²) in [5, 5.41) is 4.20. The Morgan fingerprint density at radius 1 is 1.40 bits per heavy atom. The minimum absolute atomic E-state index is 0.290. The Morgan fingerprint density at radius 2 is 2.20 bits per heavy atom. The number of likely N-dealkylation sites (tertiary alicyclic amines) is 1. The van der Waals surface area contributed by atoms with Crippen LogP contribution in [0.2, 0.25) is 0 Å². The summed E-state index contributed by atoms with van der Waals surface area (Å²) in [6, 6.07) is 0.290. The third kappa shape index (κ3) is 4.32. The van der Waals surface area contributed by atoms with Crippen LogP contribution in [0.4, 0.5) is 0 Å². The van der Waals surface area contributed by atoms with E-state index in [0.29, 0.717) is 17.7 Å². The number of piperidine rings is 1. The molecule has 0 spiro atoms. The van der Waals surface area contributed by atoms with Crippen LogP contribution in [0.5, 0.6) is 0 Å². The predicted molar refractivity (Wildman–Crippen MR) is 78.2 cm³/mol. The van der Waals surface area contributed by atoms with Crippen molar-refractivity contribution in [2.24, 2.45) is 5.41 Å². The summed E-state index contributed by atoms with van der Waals surface area (Å²) < 4.78 is 1.88. The molecule has 1 aliphatic heterocycles. The molecule has 1 aromatic heterocycles. The van der Waals surface area contributed by atoms with Gasteiger partial charge in [0.05, 0.1) is 6.04 Å². The van der Waals surface area contributed by atoms with Gasteiger partial charge in [0.2, 0.25) is 5.91 Å². The zero-order valence-electron chi connectivity index (χ0n) is 12.9. The third-order valence-electron chi connectivity index (χ3n) is 3.88. The van der Waals surface area contributed by atoms with Crippen molar-refractivity contribution in [3.8, 4) is 0 Å². The van der Waals surface area contributed by atoms with Crippen LogP contribution in [-0.4, -0.2) is 38.7 Å². The van der Waals surface area contributed by atoms with E-state index in [2.05, 4.69) is 30.9 Å². The van der Waals surface area contributed by atoms with Gasteiger partial charge in [0.15, 0.2) is 0 Å². The van der Waals surface area contributed by atoms with Crippen LogP contribution >= 0.6 is 0 Å². The molecule has 1 atom stereocenters. The number of hydrogen-bond acceptors (Lipinski definition) is 3. The Hall–Kier alpha value is -1.39. The molecule has 0 aromatic carbocycles. The van der Waals surface area contributed by atoms with Crippen molar-refractivity contribution in [3.05, 3.63) is 12.7 Å². The van der Waals surface area contributed by atoms with Crippen molar-refractivity contribution >= 4 is 5.91 Å². The Bertz CT molecular complexity index is 422.